The number of halogens is 2. The lowest BCUT2D eigenvalue weighted by atomic mass is 9.97. The largest absolute Gasteiger partial charge is 0.478 e. The highest BCUT2D eigenvalue weighted by molar-refractivity contribution is 5.94. The second-order valence-electron chi connectivity index (χ2n) is 10.4. The topological polar surface area (TPSA) is 140 Å². The fraction of sp³-hybridized carbons (Fsp3) is 0.321. The summed E-state index contributed by atoms with van der Waals surface area (Å²) in [5.74, 6) is -1.78. The Bertz CT molecular complexity index is 1620. The Balaban J connectivity index is 1.21. The van der Waals surface area contributed by atoms with Gasteiger partial charge in [-0.3, -0.25) is 14.5 Å². The van der Waals surface area contributed by atoms with Crippen LogP contribution in [0.3, 0.4) is 0 Å². The third kappa shape index (κ3) is 6.40. The van der Waals surface area contributed by atoms with E-state index in [0.717, 1.165) is 12.1 Å². The van der Waals surface area contributed by atoms with Crippen LogP contribution in [0.25, 0.3) is 5.82 Å². The molecule has 224 valence electrons. The predicted octanol–water partition coefficient (Wildman–Crippen LogP) is 3.10. The molecule has 0 bridgehead atoms. The molecule has 13 nitrogen and oxygen atoms in total. The summed E-state index contributed by atoms with van der Waals surface area (Å²) >= 11 is 0. The van der Waals surface area contributed by atoms with E-state index in [-0.39, 0.29) is 40.8 Å². The van der Waals surface area contributed by atoms with Gasteiger partial charge in [-0.2, -0.15) is 5.10 Å². The number of piperazine rings is 1. The highest BCUT2D eigenvalue weighted by Crippen LogP contribution is 2.27. The minimum absolute atomic E-state index is 0.0302. The van der Waals surface area contributed by atoms with Crippen LogP contribution in [0.1, 0.15) is 31.3 Å². The van der Waals surface area contributed by atoms with Gasteiger partial charge in [-0.1, -0.05) is 0 Å². The van der Waals surface area contributed by atoms with Gasteiger partial charge in [0.25, 0.3) is 11.8 Å². The number of carbonyl (C=O) groups is 2. The lowest BCUT2D eigenvalue weighted by Crippen LogP contribution is -2.63. The van der Waals surface area contributed by atoms with E-state index in [9.17, 15) is 18.4 Å². The van der Waals surface area contributed by atoms with Crippen molar-refractivity contribution in [2.45, 2.75) is 32.4 Å². The molecule has 1 fully saturated rings. The Hall–Kier alpha value is -5.05. The van der Waals surface area contributed by atoms with Gasteiger partial charge in [-0.25, -0.2) is 33.4 Å². The highest BCUT2D eigenvalue weighted by atomic mass is 19.1. The fourth-order valence-electron chi connectivity index (χ4n) is 4.70. The number of nitrogens with zero attached hydrogens (tertiary/aromatic N) is 8. The predicted molar refractivity (Wildman–Crippen MR) is 149 cm³/mol. The summed E-state index contributed by atoms with van der Waals surface area (Å²) in [6.07, 6.45) is 7.13. The fourth-order valence-corrected chi connectivity index (χ4v) is 4.70. The first-order valence-electron chi connectivity index (χ1n) is 13.3. The van der Waals surface area contributed by atoms with E-state index in [1.165, 1.54) is 30.4 Å². The maximum absolute atomic E-state index is 13.8. The number of anilines is 1. The van der Waals surface area contributed by atoms with Gasteiger partial charge >= 0.3 is 0 Å². The first kappa shape index (κ1) is 29.4. The van der Waals surface area contributed by atoms with Gasteiger partial charge in [0, 0.05) is 38.1 Å². The number of carbonyl (C=O) groups excluding carboxylic acids is 2. The lowest BCUT2D eigenvalue weighted by molar-refractivity contribution is -0.122. The van der Waals surface area contributed by atoms with Crippen LogP contribution in [-0.4, -0.2) is 89.7 Å². The summed E-state index contributed by atoms with van der Waals surface area (Å²) in [6, 6.07) is 4.06. The molecule has 1 N–H and O–H groups in total. The van der Waals surface area contributed by atoms with E-state index in [1.807, 2.05) is 18.7 Å². The molecule has 1 aliphatic heterocycles. The summed E-state index contributed by atoms with van der Waals surface area (Å²) in [5, 5.41) is 6.88. The van der Waals surface area contributed by atoms with Crippen LogP contribution in [0.4, 0.5) is 14.6 Å². The molecule has 3 aromatic heterocycles. The van der Waals surface area contributed by atoms with Crippen LogP contribution < -0.4 is 14.8 Å². The van der Waals surface area contributed by atoms with Crippen molar-refractivity contribution >= 4 is 17.6 Å². The molecule has 0 saturated carbocycles. The van der Waals surface area contributed by atoms with Crippen molar-refractivity contribution < 1.29 is 27.8 Å². The maximum atomic E-state index is 13.8. The maximum Gasteiger partial charge on any atom is 0.274 e. The standard InChI is InChI=1S/C28H29F2N9O4/c1-17(25(40)36-22-14-32-23(15-31-22)43-21-7-6-18(29)12-19(21)30)37-10-11-38(28(2,3)16-37)27(41)20-13-33-26(42-4)24(35-20)39-9-5-8-34-39/h5-9,12-15,17H,10-11,16H2,1-4H3,(H,31,36,40)/t17-/m0/s1. The van der Waals surface area contributed by atoms with Crippen molar-refractivity contribution in [1.29, 1.82) is 0 Å². The van der Waals surface area contributed by atoms with E-state index in [4.69, 9.17) is 9.47 Å². The van der Waals surface area contributed by atoms with Crippen molar-refractivity contribution in [3.8, 4) is 23.3 Å². The number of methoxy groups -OCH3 is 1. The molecule has 5 rings (SSSR count). The van der Waals surface area contributed by atoms with Crippen LogP contribution in [0.5, 0.6) is 17.5 Å². The molecule has 15 heteroatoms. The second-order valence-corrected chi connectivity index (χ2v) is 10.4. The molecule has 0 aliphatic carbocycles. The molecular weight excluding hydrogens is 564 g/mol. The van der Waals surface area contributed by atoms with Gasteiger partial charge in [-0.05, 0) is 39.0 Å². The molecule has 4 aromatic rings. The number of benzene rings is 1. The molecule has 43 heavy (non-hydrogen) atoms. The number of hydrogen-bond acceptors (Lipinski definition) is 10. The van der Waals surface area contributed by atoms with Gasteiger partial charge < -0.3 is 19.7 Å². The third-order valence-electron chi connectivity index (χ3n) is 6.95. The first-order chi connectivity index (χ1) is 20.6. The zero-order valence-corrected chi connectivity index (χ0v) is 23.9. The Kier molecular flexibility index (Phi) is 8.25. The van der Waals surface area contributed by atoms with Gasteiger partial charge in [0.1, 0.15) is 11.5 Å². The normalized spacial score (nSPS) is 15.5. The zero-order chi connectivity index (χ0) is 30.7. The number of ether oxygens (including phenoxy) is 2. The quantitative estimate of drug-likeness (QED) is 0.324. The molecule has 2 amide bonds. The van der Waals surface area contributed by atoms with Crippen molar-refractivity contribution in [2.75, 3.05) is 32.1 Å². The number of rotatable bonds is 8. The average Bonchev–Trinajstić information content (AvgIpc) is 3.53. The summed E-state index contributed by atoms with van der Waals surface area (Å²) < 4.78 is 39.0. The summed E-state index contributed by atoms with van der Waals surface area (Å²) in [7, 11) is 1.46. The number of hydrogen-bond donors (Lipinski definition) is 1. The molecule has 1 atom stereocenters. The van der Waals surface area contributed by atoms with Gasteiger partial charge in [-0.15, -0.1) is 0 Å². The van der Waals surface area contributed by atoms with E-state index >= 15 is 0 Å². The van der Waals surface area contributed by atoms with Crippen LogP contribution in [0, 0.1) is 11.6 Å². The molecule has 0 radical (unpaired) electrons. The van der Waals surface area contributed by atoms with E-state index < -0.39 is 23.2 Å². The van der Waals surface area contributed by atoms with Crippen molar-refractivity contribution in [1.82, 2.24) is 39.5 Å². The molecule has 0 spiro atoms. The van der Waals surface area contributed by atoms with Gasteiger partial charge in [0.15, 0.2) is 17.4 Å². The summed E-state index contributed by atoms with van der Waals surface area (Å²) in [6.45, 7) is 6.78. The average molecular weight is 594 g/mol. The highest BCUT2D eigenvalue weighted by Gasteiger charge is 2.40. The second kappa shape index (κ2) is 12.1. The van der Waals surface area contributed by atoms with Gasteiger partial charge in [0.2, 0.25) is 17.6 Å². The summed E-state index contributed by atoms with van der Waals surface area (Å²) in [5.41, 5.74) is -0.502. The Morgan fingerprint density at radius 1 is 1.09 bits per heavy atom. The Morgan fingerprint density at radius 2 is 1.91 bits per heavy atom. The van der Waals surface area contributed by atoms with E-state index in [0.29, 0.717) is 31.5 Å². The smallest absolute Gasteiger partial charge is 0.274 e. The van der Waals surface area contributed by atoms with Crippen LogP contribution in [-0.2, 0) is 4.79 Å². The number of aromatic nitrogens is 6. The molecule has 1 aromatic carbocycles. The number of amides is 2. The molecule has 4 heterocycles. The molecule has 1 aliphatic rings. The number of nitrogens with one attached hydrogen (secondary N) is 1. The SMILES string of the molecule is COc1ncc(C(=O)N2CCN([C@@H](C)C(=O)Nc3cnc(Oc4ccc(F)cc4F)cn3)CC2(C)C)nc1-n1cccn1. The Labute approximate surface area is 245 Å². The van der Waals surface area contributed by atoms with Crippen LogP contribution in [0.15, 0.2) is 55.2 Å². The minimum Gasteiger partial charge on any atom is -0.478 e. The third-order valence-corrected chi connectivity index (χ3v) is 6.95. The molecule has 1 saturated heterocycles. The zero-order valence-electron chi connectivity index (χ0n) is 23.9. The Morgan fingerprint density at radius 3 is 2.56 bits per heavy atom. The van der Waals surface area contributed by atoms with Crippen molar-refractivity contribution in [3.63, 3.8) is 0 Å². The summed E-state index contributed by atoms with van der Waals surface area (Å²) in [4.78, 5) is 47.2. The van der Waals surface area contributed by atoms with Gasteiger partial charge in [0.05, 0.1) is 37.3 Å². The van der Waals surface area contributed by atoms with E-state index in [2.05, 4.69) is 30.4 Å². The van der Waals surface area contributed by atoms with Crippen LogP contribution >= 0.6 is 0 Å². The minimum atomic E-state index is -0.881. The van der Waals surface area contributed by atoms with Crippen molar-refractivity contribution in [2.24, 2.45) is 0 Å². The van der Waals surface area contributed by atoms with E-state index in [1.54, 1.807) is 30.3 Å². The molecule has 0 unspecified atom stereocenters. The lowest BCUT2D eigenvalue weighted by Gasteiger charge is -2.48. The monoisotopic (exact) mass is 593 g/mol. The first-order valence-corrected chi connectivity index (χ1v) is 13.3. The molecular formula is C28H29F2N9O4. The van der Waals surface area contributed by atoms with Crippen molar-refractivity contribution in [3.05, 3.63) is 72.6 Å². The van der Waals surface area contributed by atoms with Crippen LogP contribution in [0.2, 0.25) is 0 Å².